The molecular formula is C26H33N3O5S. The summed E-state index contributed by atoms with van der Waals surface area (Å²) in [4.78, 5) is 17.2. The Morgan fingerprint density at radius 2 is 2.06 bits per heavy atom. The third-order valence-electron chi connectivity index (χ3n) is 6.39. The molecule has 2 heterocycles. The molecule has 188 valence electrons. The Morgan fingerprint density at radius 1 is 1.29 bits per heavy atom. The van der Waals surface area contributed by atoms with Gasteiger partial charge in [0.05, 0.1) is 32.1 Å². The van der Waals surface area contributed by atoms with Gasteiger partial charge in [0.15, 0.2) is 0 Å². The lowest BCUT2D eigenvalue weighted by atomic mass is 9.90. The number of carbonyl (C=O) groups excluding carboxylic acids is 1. The van der Waals surface area contributed by atoms with Gasteiger partial charge in [0.25, 0.3) is 0 Å². The fourth-order valence-electron chi connectivity index (χ4n) is 4.35. The van der Waals surface area contributed by atoms with Crippen LogP contribution >= 0.6 is 10.8 Å². The molecule has 0 radical (unpaired) electrons. The fourth-order valence-corrected chi connectivity index (χ4v) is 6.02. The zero-order valence-electron chi connectivity index (χ0n) is 20.5. The zero-order chi connectivity index (χ0) is 25.2. The zero-order valence-corrected chi connectivity index (χ0v) is 21.4. The van der Waals surface area contributed by atoms with Crippen LogP contribution in [0.1, 0.15) is 48.6 Å². The number of hydrogen-bond donors (Lipinski definition) is 2. The summed E-state index contributed by atoms with van der Waals surface area (Å²) in [7, 11) is -1.87. The molecule has 0 amide bonds. The summed E-state index contributed by atoms with van der Waals surface area (Å²) in [6, 6.07) is 13.1. The Labute approximate surface area is 208 Å². The number of imidazole rings is 1. The molecule has 4 rings (SSSR count). The molecule has 1 aliphatic rings. The molecule has 2 aromatic carbocycles. The summed E-state index contributed by atoms with van der Waals surface area (Å²) < 4.78 is 37.2. The highest BCUT2D eigenvalue weighted by molar-refractivity contribution is 8.22. The first-order valence-corrected chi connectivity index (χ1v) is 13.2. The summed E-state index contributed by atoms with van der Waals surface area (Å²) in [5.74, 6) is -0.0906. The summed E-state index contributed by atoms with van der Waals surface area (Å²) in [5.41, 5.74) is 3.68. The second kappa shape index (κ2) is 10.4. The minimum absolute atomic E-state index is 0.164. The van der Waals surface area contributed by atoms with E-state index in [1.54, 1.807) is 28.8 Å². The van der Waals surface area contributed by atoms with Gasteiger partial charge in [-0.15, -0.1) is 10.8 Å². The number of methoxy groups -OCH3 is 1. The largest absolute Gasteiger partial charge is 0.487 e. The smallest absolute Gasteiger partial charge is 0.306 e. The molecule has 1 unspecified atom stereocenters. The van der Waals surface area contributed by atoms with E-state index >= 15 is 0 Å². The van der Waals surface area contributed by atoms with Crippen LogP contribution in [0.5, 0.6) is 5.75 Å². The second-order valence-corrected chi connectivity index (χ2v) is 10.9. The van der Waals surface area contributed by atoms with E-state index in [2.05, 4.69) is 4.98 Å². The quantitative estimate of drug-likeness (QED) is 0.431. The highest BCUT2D eigenvalue weighted by Crippen LogP contribution is 2.57. The number of benzene rings is 2. The Morgan fingerprint density at radius 3 is 2.77 bits per heavy atom. The molecular weight excluding hydrogens is 466 g/mol. The maximum absolute atomic E-state index is 12.2. The molecule has 0 spiro atoms. The van der Waals surface area contributed by atoms with Crippen molar-refractivity contribution in [3.05, 3.63) is 77.4 Å². The van der Waals surface area contributed by atoms with Crippen molar-refractivity contribution in [1.82, 2.24) is 13.9 Å². The van der Waals surface area contributed by atoms with Gasteiger partial charge in [-0.05, 0) is 49.6 Å². The van der Waals surface area contributed by atoms with E-state index in [9.17, 15) is 13.9 Å². The predicted octanol–water partition coefficient (Wildman–Crippen LogP) is 5.21. The van der Waals surface area contributed by atoms with Crippen LogP contribution in [0.4, 0.5) is 0 Å². The van der Waals surface area contributed by atoms with Crippen molar-refractivity contribution in [1.29, 1.82) is 0 Å². The van der Waals surface area contributed by atoms with Crippen LogP contribution < -0.4 is 4.74 Å². The predicted molar refractivity (Wildman–Crippen MR) is 136 cm³/mol. The minimum atomic E-state index is -3.26. The van der Waals surface area contributed by atoms with Crippen LogP contribution in [-0.4, -0.2) is 48.7 Å². The number of carbonyl (C=O) groups is 1. The van der Waals surface area contributed by atoms with E-state index < -0.39 is 10.8 Å². The van der Waals surface area contributed by atoms with Gasteiger partial charge >= 0.3 is 5.97 Å². The van der Waals surface area contributed by atoms with Gasteiger partial charge in [0, 0.05) is 25.2 Å². The van der Waals surface area contributed by atoms with Crippen molar-refractivity contribution >= 4 is 16.7 Å². The first kappa shape index (κ1) is 25.2. The van der Waals surface area contributed by atoms with Crippen molar-refractivity contribution in [3.63, 3.8) is 0 Å². The first-order chi connectivity index (χ1) is 16.7. The number of para-hydroxylation sites is 1. The number of ether oxygens (including phenoxy) is 2. The molecule has 0 saturated carbocycles. The summed E-state index contributed by atoms with van der Waals surface area (Å²) in [5, 5.41) is 0. The number of nitrogens with zero attached hydrogens (tertiary/aromatic N) is 3. The molecule has 0 bridgehead atoms. The van der Waals surface area contributed by atoms with Crippen molar-refractivity contribution < 1.29 is 23.4 Å². The third kappa shape index (κ3) is 5.38. The number of aryl methyl sites for hydroxylation is 2. The SMILES string of the molecule is CCn1cnc(C(CC(=O)OC)c2ccc(C)c(CN3C[C@@H](C)Oc4ccccc4S3(O)O)c2)c1. The molecule has 0 fully saturated rings. The summed E-state index contributed by atoms with van der Waals surface area (Å²) >= 11 is 0. The molecule has 0 saturated heterocycles. The molecule has 1 aromatic heterocycles. The van der Waals surface area contributed by atoms with Crippen molar-refractivity contribution in [2.45, 2.75) is 57.2 Å². The van der Waals surface area contributed by atoms with Crippen LogP contribution in [0, 0.1) is 6.92 Å². The maximum Gasteiger partial charge on any atom is 0.306 e. The third-order valence-corrected chi connectivity index (χ3v) is 8.31. The molecule has 2 N–H and O–H groups in total. The molecule has 35 heavy (non-hydrogen) atoms. The highest BCUT2D eigenvalue weighted by Gasteiger charge is 2.34. The van der Waals surface area contributed by atoms with Crippen LogP contribution in [0.25, 0.3) is 0 Å². The summed E-state index contributed by atoms with van der Waals surface area (Å²) in [6.45, 7) is 7.41. The molecule has 3 aromatic rings. The van der Waals surface area contributed by atoms with Crippen molar-refractivity contribution in [3.8, 4) is 5.75 Å². The number of rotatable bonds is 7. The van der Waals surface area contributed by atoms with E-state index in [-0.39, 0.29) is 24.4 Å². The van der Waals surface area contributed by atoms with Gasteiger partial charge in [-0.2, -0.15) is 4.31 Å². The van der Waals surface area contributed by atoms with E-state index in [1.165, 1.54) is 7.11 Å². The van der Waals surface area contributed by atoms with Crippen LogP contribution in [0.15, 0.2) is 59.9 Å². The normalized spacial score (nSPS) is 19.2. The Bertz CT molecular complexity index is 1200. The van der Waals surface area contributed by atoms with Crippen LogP contribution in [0.3, 0.4) is 0 Å². The lowest BCUT2D eigenvalue weighted by Gasteiger charge is -2.42. The average Bonchev–Trinajstić information content (AvgIpc) is 3.29. The number of esters is 1. The van der Waals surface area contributed by atoms with Crippen molar-refractivity contribution in [2.75, 3.05) is 13.7 Å². The molecule has 0 aliphatic carbocycles. The average molecular weight is 500 g/mol. The Kier molecular flexibility index (Phi) is 7.51. The number of fused-ring (bicyclic) bond motifs is 1. The molecule has 2 atom stereocenters. The highest BCUT2D eigenvalue weighted by atomic mass is 32.3. The van der Waals surface area contributed by atoms with Gasteiger partial charge in [-0.1, -0.05) is 30.3 Å². The van der Waals surface area contributed by atoms with E-state index in [0.29, 0.717) is 23.7 Å². The van der Waals surface area contributed by atoms with Gasteiger partial charge in [-0.3, -0.25) is 13.9 Å². The van der Waals surface area contributed by atoms with Gasteiger partial charge in [0.2, 0.25) is 0 Å². The second-order valence-electron chi connectivity index (χ2n) is 8.86. The number of aromatic nitrogens is 2. The van der Waals surface area contributed by atoms with E-state index in [0.717, 1.165) is 28.9 Å². The van der Waals surface area contributed by atoms with Crippen LogP contribution in [-0.2, 0) is 22.6 Å². The Balaban J connectivity index is 1.69. The maximum atomic E-state index is 12.2. The number of hydrogen-bond acceptors (Lipinski definition) is 7. The van der Waals surface area contributed by atoms with Crippen LogP contribution in [0.2, 0.25) is 0 Å². The molecule has 8 nitrogen and oxygen atoms in total. The minimum Gasteiger partial charge on any atom is -0.487 e. The monoisotopic (exact) mass is 499 g/mol. The van der Waals surface area contributed by atoms with Crippen molar-refractivity contribution in [2.24, 2.45) is 0 Å². The lowest BCUT2D eigenvalue weighted by Crippen LogP contribution is -2.33. The lowest BCUT2D eigenvalue weighted by molar-refractivity contribution is -0.140. The molecule has 1 aliphatic heterocycles. The molecule has 9 heteroatoms. The van der Waals surface area contributed by atoms with Gasteiger partial charge < -0.3 is 14.0 Å². The topological polar surface area (TPSA) is 97.1 Å². The Hall–Kier alpha value is -2.85. The van der Waals surface area contributed by atoms with E-state index in [1.807, 2.05) is 55.8 Å². The van der Waals surface area contributed by atoms with E-state index in [4.69, 9.17) is 9.47 Å². The first-order valence-electron chi connectivity index (χ1n) is 11.7. The summed E-state index contributed by atoms with van der Waals surface area (Å²) in [6.07, 6.45) is 3.66. The van der Waals surface area contributed by atoms with Gasteiger partial charge in [-0.25, -0.2) is 4.98 Å². The van der Waals surface area contributed by atoms with Gasteiger partial charge in [0.1, 0.15) is 16.7 Å². The fraction of sp³-hybridized carbons (Fsp3) is 0.385. The standard InChI is InChI=1S/C26H33N3O5S/c1-5-28-16-23(27-17-28)22(13-26(30)33-4)20-11-10-18(2)21(12-20)15-29-14-19(3)34-24-8-6-7-9-25(24)35(29,31)32/h6-12,16-17,19,22,31-32H,5,13-15H2,1-4H3/t19-,22?/m1/s1.